The van der Waals surface area contributed by atoms with E-state index in [2.05, 4.69) is 4.98 Å². The smallest absolute Gasteiger partial charge is 0.232 e. The first-order valence-corrected chi connectivity index (χ1v) is 6.56. The summed E-state index contributed by atoms with van der Waals surface area (Å²) in [6, 6.07) is 1.38. The molecule has 0 unspecified atom stereocenters. The number of nitrogen functional groups attached to an aromatic ring is 1. The summed E-state index contributed by atoms with van der Waals surface area (Å²) in [7, 11) is -3.42. The summed E-state index contributed by atoms with van der Waals surface area (Å²) in [4.78, 5) is 3.95. The van der Waals surface area contributed by atoms with E-state index in [1.165, 1.54) is 12.3 Å². The van der Waals surface area contributed by atoms with Crippen molar-refractivity contribution in [1.29, 1.82) is 0 Å². The SMILES string of the molecule is CCOc1ncc(N)cc1S(=O)(=O)C(C)C. The van der Waals surface area contributed by atoms with E-state index < -0.39 is 15.1 Å². The molecule has 0 radical (unpaired) electrons. The van der Waals surface area contributed by atoms with Crippen LogP contribution in [0.3, 0.4) is 0 Å². The van der Waals surface area contributed by atoms with Gasteiger partial charge in [0.25, 0.3) is 0 Å². The van der Waals surface area contributed by atoms with Crippen LogP contribution >= 0.6 is 0 Å². The minimum atomic E-state index is -3.42. The first-order valence-electron chi connectivity index (χ1n) is 5.01. The second kappa shape index (κ2) is 4.69. The third kappa shape index (κ3) is 2.44. The monoisotopic (exact) mass is 244 g/mol. The van der Waals surface area contributed by atoms with Gasteiger partial charge in [0.2, 0.25) is 5.88 Å². The molecule has 5 nitrogen and oxygen atoms in total. The van der Waals surface area contributed by atoms with Gasteiger partial charge in [-0.25, -0.2) is 13.4 Å². The highest BCUT2D eigenvalue weighted by molar-refractivity contribution is 7.92. The maximum Gasteiger partial charge on any atom is 0.232 e. The summed E-state index contributed by atoms with van der Waals surface area (Å²) in [5, 5.41) is -0.532. The highest BCUT2D eigenvalue weighted by Gasteiger charge is 2.24. The summed E-state index contributed by atoms with van der Waals surface area (Å²) >= 11 is 0. The number of hydrogen-bond acceptors (Lipinski definition) is 5. The van der Waals surface area contributed by atoms with Gasteiger partial charge in [-0.15, -0.1) is 0 Å². The molecule has 16 heavy (non-hydrogen) atoms. The maximum atomic E-state index is 12.0. The molecule has 1 aromatic heterocycles. The maximum absolute atomic E-state index is 12.0. The Morgan fingerprint density at radius 2 is 2.12 bits per heavy atom. The molecule has 0 aromatic carbocycles. The molecule has 0 fully saturated rings. The molecule has 0 bridgehead atoms. The quantitative estimate of drug-likeness (QED) is 0.861. The van der Waals surface area contributed by atoms with Crippen molar-refractivity contribution in [3.8, 4) is 5.88 Å². The van der Waals surface area contributed by atoms with Crippen molar-refractivity contribution in [2.24, 2.45) is 0 Å². The van der Waals surface area contributed by atoms with Crippen LogP contribution in [-0.4, -0.2) is 25.3 Å². The molecular formula is C10H16N2O3S. The van der Waals surface area contributed by atoms with Crippen LogP contribution in [0.5, 0.6) is 5.88 Å². The molecule has 0 aliphatic heterocycles. The number of hydrogen-bond donors (Lipinski definition) is 1. The lowest BCUT2D eigenvalue weighted by atomic mass is 10.4. The van der Waals surface area contributed by atoms with Crippen LogP contribution in [0, 0.1) is 0 Å². The molecule has 1 aromatic rings. The van der Waals surface area contributed by atoms with Crippen molar-refractivity contribution in [3.63, 3.8) is 0 Å². The van der Waals surface area contributed by atoms with Crippen molar-refractivity contribution in [3.05, 3.63) is 12.3 Å². The van der Waals surface area contributed by atoms with Gasteiger partial charge in [-0.1, -0.05) is 0 Å². The predicted molar refractivity (Wildman–Crippen MR) is 62.1 cm³/mol. The van der Waals surface area contributed by atoms with E-state index in [-0.39, 0.29) is 10.8 Å². The van der Waals surface area contributed by atoms with Gasteiger partial charge in [0.05, 0.1) is 23.7 Å². The van der Waals surface area contributed by atoms with E-state index in [0.717, 1.165) is 0 Å². The third-order valence-electron chi connectivity index (χ3n) is 2.05. The van der Waals surface area contributed by atoms with Crippen LogP contribution in [0.25, 0.3) is 0 Å². The molecule has 0 atom stereocenters. The fourth-order valence-electron chi connectivity index (χ4n) is 1.15. The van der Waals surface area contributed by atoms with Crippen molar-refractivity contribution in [2.45, 2.75) is 30.9 Å². The van der Waals surface area contributed by atoms with Crippen molar-refractivity contribution < 1.29 is 13.2 Å². The van der Waals surface area contributed by atoms with Gasteiger partial charge in [0.15, 0.2) is 9.84 Å². The Labute approximate surface area is 95.6 Å². The lowest BCUT2D eigenvalue weighted by molar-refractivity contribution is 0.317. The number of pyridine rings is 1. The number of rotatable bonds is 4. The number of ether oxygens (including phenoxy) is 1. The largest absolute Gasteiger partial charge is 0.477 e. The van der Waals surface area contributed by atoms with Crippen LogP contribution in [0.2, 0.25) is 0 Å². The number of nitrogens with zero attached hydrogens (tertiary/aromatic N) is 1. The fraction of sp³-hybridized carbons (Fsp3) is 0.500. The average molecular weight is 244 g/mol. The van der Waals surface area contributed by atoms with Gasteiger partial charge in [-0.05, 0) is 26.8 Å². The number of anilines is 1. The van der Waals surface area contributed by atoms with Gasteiger partial charge >= 0.3 is 0 Å². The standard InChI is InChI=1S/C10H16N2O3S/c1-4-15-10-9(5-8(11)6-12-10)16(13,14)7(2)3/h5-7H,4,11H2,1-3H3. The minimum absolute atomic E-state index is 0.0596. The van der Waals surface area contributed by atoms with E-state index in [1.54, 1.807) is 20.8 Å². The second-order valence-corrected chi connectivity index (χ2v) is 6.07. The van der Waals surface area contributed by atoms with Gasteiger partial charge < -0.3 is 10.5 Å². The van der Waals surface area contributed by atoms with Gasteiger partial charge in [0.1, 0.15) is 4.90 Å². The molecule has 0 amide bonds. The van der Waals surface area contributed by atoms with Crippen molar-refractivity contribution in [2.75, 3.05) is 12.3 Å². The number of sulfone groups is 1. The first-order chi connectivity index (χ1) is 7.39. The lowest BCUT2D eigenvalue weighted by Crippen LogP contribution is -2.16. The van der Waals surface area contributed by atoms with E-state index in [1.807, 2.05) is 0 Å². The van der Waals surface area contributed by atoms with Crippen LogP contribution < -0.4 is 10.5 Å². The molecule has 6 heteroatoms. The number of nitrogens with two attached hydrogens (primary N) is 1. The molecule has 0 spiro atoms. The first kappa shape index (κ1) is 12.8. The highest BCUT2D eigenvalue weighted by atomic mass is 32.2. The second-order valence-electron chi connectivity index (χ2n) is 3.60. The molecule has 2 N–H and O–H groups in total. The average Bonchev–Trinajstić information content (AvgIpc) is 2.20. The Bertz CT molecular complexity index is 469. The molecule has 1 heterocycles. The summed E-state index contributed by atoms with van der Waals surface area (Å²) in [5.41, 5.74) is 5.85. The lowest BCUT2D eigenvalue weighted by Gasteiger charge is -2.12. The molecule has 1 rings (SSSR count). The number of aromatic nitrogens is 1. The molecule has 0 saturated carbocycles. The molecule has 90 valence electrons. The zero-order valence-corrected chi connectivity index (χ0v) is 10.4. The van der Waals surface area contributed by atoms with Crippen LogP contribution in [0.1, 0.15) is 20.8 Å². The van der Waals surface area contributed by atoms with Crippen LogP contribution in [-0.2, 0) is 9.84 Å². The Morgan fingerprint density at radius 1 is 1.50 bits per heavy atom. The van der Waals surface area contributed by atoms with Gasteiger partial charge in [-0.3, -0.25) is 0 Å². The molecule has 0 aliphatic rings. The summed E-state index contributed by atoms with van der Waals surface area (Å²) < 4.78 is 29.2. The van der Waals surface area contributed by atoms with Crippen molar-refractivity contribution >= 4 is 15.5 Å². The Balaban J connectivity index is 3.36. The summed E-state index contributed by atoms with van der Waals surface area (Å²) in [6.45, 7) is 5.34. The zero-order chi connectivity index (χ0) is 12.3. The van der Waals surface area contributed by atoms with E-state index in [9.17, 15) is 8.42 Å². The highest BCUT2D eigenvalue weighted by Crippen LogP contribution is 2.26. The third-order valence-corrected chi connectivity index (χ3v) is 4.19. The summed E-state index contributed by atoms with van der Waals surface area (Å²) in [6.07, 6.45) is 1.38. The Hall–Kier alpha value is -1.30. The van der Waals surface area contributed by atoms with E-state index >= 15 is 0 Å². The minimum Gasteiger partial charge on any atom is -0.477 e. The normalized spacial score (nSPS) is 11.8. The molecular weight excluding hydrogens is 228 g/mol. The van der Waals surface area contributed by atoms with Gasteiger partial charge in [-0.2, -0.15) is 0 Å². The predicted octanol–water partition coefficient (Wildman–Crippen LogP) is 1.24. The fourth-order valence-corrected chi connectivity index (χ4v) is 2.31. The summed E-state index contributed by atoms with van der Waals surface area (Å²) in [5.74, 6) is 0.116. The zero-order valence-electron chi connectivity index (χ0n) is 9.60. The molecule has 0 aliphatic carbocycles. The Morgan fingerprint density at radius 3 is 2.62 bits per heavy atom. The van der Waals surface area contributed by atoms with Crippen molar-refractivity contribution in [1.82, 2.24) is 4.98 Å². The van der Waals surface area contributed by atoms with E-state index in [4.69, 9.17) is 10.5 Å². The van der Waals surface area contributed by atoms with E-state index in [0.29, 0.717) is 12.3 Å². The van der Waals surface area contributed by atoms with Crippen LogP contribution in [0.15, 0.2) is 17.2 Å². The topological polar surface area (TPSA) is 82.3 Å². The Kier molecular flexibility index (Phi) is 3.74. The van der Waals surface area contributed by atoms with Gasteiger partial charge in [0, 0.05) is 0 Å². The molecule has 0 saturated heterocycles. The van der Waals surface area contributed by atoms with Crippen LogP contribution in [0.4, 0.5) is 5.69 Å².